The molecule has 0 aliphatic heterocycles. The summed E-state index contributed by atoms with van der Waals surface area (Å²) in [6.45, 7) is 4.48. The van der Waals surface area contributed by atoms with E-state index in [4.69, 9.17) is 0 Å². The van der Waals surface area contributed by atoms with Crippen molar-refractivity contribution in [1.29, 1.82) is 0 Å². The van der Waals surface area contributed by atoms with E-state index in [-0.39, 0.29) is 18.2 Å². The van der Waals surface area contributed by atoms with E-state index >= 15 is 0 Å². The minimum Gasteiger partial charge on any atom is -0.313 e. The van der Waals surface area contributed by atoms with Crippen molar-refractivity contribution in [2.75, 3.05) is 13.1 Å². The molecule has 21 heavy (non-hydrogen) atoms. The molecule has 0 aliphatic carbocycles. The van der Waals surface area contributed by atoms with E-state index in [9.17, 15) is 21.6 Å². The van der Waals surface area contributed by atoms with Crippen molar-refractivity contribution in [2.45, 2.75) is 31.8 Å². The van der Waals surface area contributed by atoms with Crippen LogP contribution in [0.5, 0.6) is 0 Å². The molecule has 0 spiro atoms. The number of sulfonamides is 1. The number of hydrogen-bond acceptors (Lipinski definition) is 3. The first kappa shape index (κ1) is 17.9. The molecule has 4 nitrogen and oxygen atoms in total. The van der Waals surface area contributed by atoms with Gasteiger partial charge in [-0.1, -0.05) is 25.1 Å². The summed E-state index contributed by atoms with van der Waals surface area (Å²) in [5, 5.41) is 3.01. The molecule has 0 unspecified atom stereocenters. The minimum atomic E-state index is -4.57. The molecule has 120 valence electrons. The Labute approximate surface area is 122 Å². The van der Waals surface area contributed by atoms with E-state index in [1.54, 1.807) is 6.92 Å². The first-order valence-corrected chi connectivity index (χ1v) is 8.16. The number of rotatable bonds is 7. The van der Waals surface area contributed by atoms with Gasteiger partial charge in [0.15, 0.2) is 0 Å². The van der Waals surface area contributed by atoms with Crippen LogP contribution < -0.4 is 10.0 Å². The molecule has 8 heteroatoms. The van der Waals surface area contributed by atoms with E-state index in [0.717, 1.165) is 6.07 Å². The predicted molar refractivity (Wildman–Crippen MR) is 75.2 cm³/mol. The molecule has 0 heterocycles. The van der Waals surface area contributed by atoms with Crippen LogP contribution in [0, 0.1) is 0 Å². The Morgan fingerprint density at radius 2 is 1.86 bits per heavy atom. The third-order valence-electron chi connectivity index (χ3n) is 2.83. The van der Waals surface area contributed by atoms with Gasteiger partial charge >= 0.3 is 6.18 Å². The number of likely N-dealkylation sites (N-methyl/N-ethyl adjacent to an activating group) is 1. The Morgan fingerprint density at radius 3 is 2.43 bits per heavy atom. The average molecular weight is 324 g/mol. The van der Waals surface area contributed by atoms with Crippen LogP contribution in [0.1, 0.15) is 25.0 Å². The maximum atomic E-state index is 12.8. The van der Waals surface area contributed by atoms with Gasteiger partial charge in [-0.3, -0.25) is 0 Å². The highest BCUT2D eigenvalue weighted by molar-refractivity contribution is 7.88. The number of hydrogen-bond donors (Lipinski definition) is 2. The zero-order valence-corrected chi connectivity index (χ0v) is 12.7. The Balaban J connectivity index is 2.81. The van der Waals surface area contributed by atoms with Gasteiger partial charge in [0.2, 0.25) is 10.0 Å². The highest BCUT2D eigenvalue weighted by atomic mass is 32.2. The molecule has 1 atom stereocenters. The van der Waals surface area contributed by atoms with Gasteiger partial charge in [-0.15, -0.1) is 0 Å². The lowest BCUT2D eigenvalue weighted by Gasteiger charge is -2.15. The first-order chi connectivity index (χ1) is 9.65. The molecular formula is C13H19F3N2O2S. The summed E-state index contributed by atoms with van der Waals surface area (Å²) in [6.07, 6.45) is -4.57. The maximum Gasteiger partial charge on any atom is 0.416 e. The Morgan fingerprint density at radius 1 is 1.24 bits per heavy atom. The number of nitrogens with one attached hydrogen (secondary N) is 2. The Hall–Kier alpha value is -1.12. The second-order valence-corrected chi connectivity index (χ2v) is 6.53. The van der Waals surface area contributed by atoms with Crippen molar-refractivity contribution in [3.8, 4) is 0 Å². The van der Waals surface area contributed by atoms with E-state index in [0.29, 0.717) is 6.54 Å². The first-order valence-electron chi connectivity index (χ1n) is 6.51. The second kappa shape index (κ2) is 7.24. The monoisotopic (exact) mass is 324 g/mol. The van der Waals surface area contributed by atoms with Gasteiger partial charge in [0.1, 0.15) is 0 Å². The van der Waals surface area contributed by atoms with Crippen molar-refractivity contribution >= 4 is 10.0 Å². The predicted octanol–water partition coefficient (Wildman–Crippen LogP) is 2.12. The van der Waals surface area contributed by atoms with Gasteiger partial charge in [0, 0.05) is 12.6 Å². The fraction of sp³-hybridized carbons (Fsp3) is 0.538. The SMILES string of the molecule is CCN[C@H](C)CNS(=O)(=O)Cc1ccccc1C(F)(F)F. The van der Waals surface area contributed by atoms with E-state index in [1.165, 1.54) is 18.2 Å². The molecule has 0 bridgehead atoms. The molecule has 1 aromatic carbocycles. The summed E-state index contributed by atoms with van der Waals surface area (Å²) < 4.78 is 64.5. The lowest BCUT2D eigenvalue weighted by atomic mass is 10.1. The van der Waals surface area contributed by atoms with Gasteiger partial charge < -0.3 is 5.32 Å². The average Bonchev–Trinajstić information content (AvgIpc) is 2.36. The molecule has 0 amide bonds. The van der Waals surface area contributed by atoms with Crippen LogP contribution in [0.15, 0.2) is 24.3 Å². The Bertz CT molecular complexity index is 559. The van der Waals surface area contributed by atoms with Crippen LogP contribution in [0.25, 0.3) is 0 Å². The third kappa shape index (κ3) is 6.03. The third-order valence-corrected chi connectivity index (χ3v) is 4.13. The van der Waals surface area contributed by atoms with Gasteiger partial charge in [-0.2, -0.15) is 13.2 Å². The highest BCUT2D eigenvalue weighted by Gasteiger charge is 2.33. The summed E-state index contributed by atoms with van der Waals surface area (Å²) in [7, 11) is -3.82. The number of alkyl halides is 3. The lowest BCUT2D eigenvalue weighted by Crippen LogP contribution is -2.39. The molecule has 0 aromatic heterocycles. The van der Waals surface area contributed by atoms with Crippen molar-refractivity contribution in [1.82, 2.24) is 10.0 Å². The van der Waals surface area contributed by atoms with E-state index in [1.807, 2.05) is 6.92 Å². The molecule has 0 fully saturated rings. The highest BCUT2D eigenvalue weighted by Crippen LogP contribution is 2.32. The van der Waals surface area contributed by atoms with Crippen LogP contribution in [-0.2, 0) is 22.0 Å². The molecule has 0 saturated heterocycles. The molecule has 0 radical (unpaired) electrons. The van der Waals surface area contributed by atoms with Gasteiger partial charge in [0.25, 0.3) is 0 Å². The topological polar surface area (TPSA) is 58.2 Å². The standard InChI is InChI=1S/C13H19F3N2O2S/c1-3-17-10(2)8-18-21(19,20)9-11-6-4-5-7-12(11)13(14,15)16/h4-7,10,17-18H,3,8-9H2,1-2H3/t10-/m1/s1. The summed E-state index contributed by atoms with van der Waals surface area (Å²) in [5.74, 6) is -0.693. The lowest BCUT2D eigenvalue weighted by molar-refractivity contribution is -0.138. The number of halogens is 3. The van der Waals surface area contributed by atoms with Gasteiger partial charge in [-0.25, -0.2) is 13.1 Å². The Kier molecular flexibility index (Phi) is 6.18. The normalized spacial score (nSPS) is 14.1. The van der Waals surface area contributed by atoms with Crippen molar-refractivity contribution < 1.29 is 21.6 Å². The van der Waals surface area contributed by atoms with Crippen molar-refractivity contribution in [2.24, 2.45) is 0 Å². The van der Waals surface area contributed by atoms with E-state index in [2.05, 4.69) is 10.0 Å². The summed E-state index contributed by atoms with van der Waals surface area (Å²) in [4.78, 5) is 0. The number of benzene rings is 1. The van der Waals surface area contributed by atoms with Gasteiger partial charge in [-0.05, 0) is 25.1 Å². The molecule has 1 aromatic rings. The summed E-state index contributed by atoms with van der Waals surface area (Å²) in [5.41, 5.74) is -1.18. The molecule has 0 aliphatic rings. The van der Waals surface area contributed by atoms with Crippen LogP contribution in [0.2, 0.25) is 0 Å². The fourth-order valence-electron chi connectivity index (χ4n) is 1.85. The molecule has 0 saturated carbocycles. The second-order valence-electron chi connectivity index (χ2n) is 4.72. The summed E-state index contributed by atoms with van der Waals surface area (Å²) in [6, 6.07) is 4.59. The van der Waals surface area contributed by atoms with Crippen LogP contribution >= 0.6 is 0 Å². The largest absolute Gasteiger partial charge is 0.416 e. The molecule has 1 rings (SSSR count). The van der Waals surface area contributed by atoms with Crippen LogP contribution in [0.4, 0.5) is 13.2 Å². The smallest absolute Gasteiger partial charge is 0.313 e. The fourth-order valence-corrected chi connectivity index (χ4v) is 3.12. The molecule has 2 N–H and O–H groups in total. The molecular weight excluding hydrogens is 305 g/mol. The van der Waals surface area contributed by atoms with Crippen molar-refractivity contribution in [3.63, 3.8) is 0 Å². The van der Waals surface area contributed by atoms with Gasteiger partial charge in [0.05, 0.1) is 11.3 Å². The summed E-state index contributed by atoms with van der Waals surface area (Å²) >= 11 is 0. The van der Waals surface area contributed by atoms with Crippen LogP contribution in [0.3, 0.4) is 0 Å². The van der Waals surface area contributed by atoms with E-state index < -0.39 is 27.5 Å². The zero-order chi connectivity index (χ0) is 16.1. The quantitative estimate of drug-likeness (QED) is 0.808. The van der Waals surface area contributed by atoms with Crippen molar-refractivity contribution in [3.05, 3.63) is 35.4 Å². The minimum absolute atomic E-state index is 0.0948. The van der Waals surface area contributed by atoms with Crippen LogP contribution in [-0.4, -0.2) is 27.5 Å². The zero-order valence-electron chi connectivity index (χ0n) is 11.9. The maximum absolute atomic E-state index is 12.8.